The third-order valence-corrected chi connectivity index (χ3v) is 7.36. The molecule has 5 rings (SSSR count). The predicted molar refractivity (Wildman–Crippen MR) is 154 cm³/mol. The quantitative estimate of drug-likeness (QED) is 0.314. The zero-order valence-corrected chi connectivity index (χ0v) is 22.5. The molecular weight excluding hydrogens is 491 g/mol. The number of benzene rings is 3. The summed E-state index contributed by atoms with van der Waals surface area (Å²) in [5.41, 5.74) is 5.92. The number of nitrogens with zero attached hydrogens (tertiary/aromatic N) is 1. The van der Waals surface area contributed by atoms with E-state index in [2.05, 4.69) is 33.0 Å². The van der Waals surface area contributed by atoms with Crippen molar-refractivity contribution in [1.29, 1.82) is 0 Å². The summed E-state index contributed by atoms with van der Waals surface area (Å²) in [5, 5.41) is 9.38. The molecule has 0 radical (unpaired) electrons. The Balaban J connectivity index is 1.47. The predicted octanol–water partition coefficient (Wildman–Crippen LogP) is 6.02. The number of fused-ring (bicyclic) bond motifs is 1. The van der Waals surface area contributed by atoms with Crippen LogP contribution in [0, 0.1) is 11.7 Å². The molecule has 0 atom stereocenters. The van der Waals surface area contributed by atoms with Crippen LogP contribution in [0.25, 0.3) is 11.3 Å². The summed E-state index contributed by atoms with van der Waals surface area (Å²) >= 11 is 0. The van der Waals surface area contributed by atoms with Gasteiger partial charge >= 0.3 is 0 Å². The lowest BCUT2D eigenvalue weighted by Crippen LogP contribution is -2.31. The summed E-state index contributed by atoms with van der Waals surface area (Å²) in [5.74, 6) is -0.494. The SMILES string of the molecule is CN(C)Cc1ccc(N/C(=C2\C(=O)Nc3cc(F)ccc32)c2cccc(CNC(=O)C3CCCCC3)c2)cc1. The fourth-order valence-corrected chi connectivity index (χ4v) is 5.41. The lowest BCUT2D eigenvalue weighted by molar-refractivity contribution is -0.126. The number of halogens is 1. The highest BCUT2D eigenvalue weighted by molar-refractivity contribution is 6.37. The summed E-state index contributed by atoms with van der Waals surface area (Å²) in [4.78, 5) is 28.0. The van der Waals surface area contributed by atoms with Crippen molar-refractivity contribution in [2.24, 2.45) is 5.92 Å². The van der Waals surface area contributed by atoms with E-state index in [1.165, 1.54) is 24.1 Å². The van der Waals surface area contributed by atoms with Crippen molar-refractivity contribution < 1.29 is 14.0 Å². The van der Waals surface area contributed by atoms with Gasteiger partial charge in [0.25, 0.3) is 5.91 Å². The van der Waals surface area contributed by atoms with E-state index < -0.39 is 5.82 Å². The molecule has 2 amide bonds. The molecule has 1 saturated carbocycles. The van der Waals surface area contributed by atoms with Gasteiger partial charge in [0.2, 0.25) is 5.91 Å². The van der Waals surface area contributed by atoms with E-state index in [0.29, 0.717) is 29.1 Å². The normalized spacial score (nSPS) is 16.6. The second-order valence-corrected chi connectivity index (χ2v) is 10.7. The maximum atomic E-state index is 13.9. The summed E-state index contributed by atoms with van der Waals surface area (Å²) in [6.45, 7) is 1.24. The van der Waals surface area contributed by atoms with Gasteiger partial charge in [-0.25, -0.2) is 4.39 Å². The minimum atomic E-state index is -0.406. The van der Waals surface area contributed by atoms with Crippen LogP contribution in [0.2, 0.25) is 0 Å². The Bertz CT molecular complexity index is 1390. The first kappa shape index (κ1) is 26.6. The van der Waals surface area contributed by atoms with Gasteiger partial charge in [0, 0.05) is 30.3 Å². The van der Waals surface area contributed by atoms with Crippen LogP contribution in [0.5, 0.6) is 0 Å². The third-order valence-electron chi connectivity index (χ3n) is 7.36. The van der Waals surface area contributed by atoms with E-state index in [9.17, 15) is 14.0 Å². The van der Waals surface area contributed by atoms with Crippen LogP contribution in [-0.4, -0.2) is 30.8 Å². The van der Waals surface area contributed by atoms with Crippen LogP contribution < -0.4 is 16.0 Å². The van der Waals surface area contributed by atoms with Gasteiger partial charge in [-0.2, -0.15) is 0 Å². The minimum Gasteiger partial charge on any atom is -0.354 e. The average molecular weight is 527 g/mol. The maximum absolute atomic E-state index is 13.9. The van der Waals surface area contributed by atoms with Crippen LogP contribution in [0.4, 0.5) is 15.8 Å². The first-order valence-electron chi connectivity index (χ1n) is 13.6. The molecule has 3 aromatic rings. The second-order valence-electron chi connectivity index (χ2n) is 10.7. The molecule has 0 unspecified atom stereocenters. The van der Waals surface area contributed by atoms with Crippen LogP contribution in [0.3, 0.4) is 0 Å². The Hall–Kier alpha value is -3.97. The Morgan fingerprint density at radius 1 is 0.974 bits per heavy atom. The zero-order valence-electron chi connectivity index (χ0n) is 22.5. The number of hydrogen-bond acceptors (Lipinski definition) is 4. The number of carbonyl (C=O) groups excluding carboxylic acids is 2. The Morgan fingerprint density at radius 3 is 2.49 bits per heavy atom. The van der Waals surface area contributed by atoms with Gasteiger partial charge < -0.3 is 20.9 Å². The van der Waals surface area contributed by atoms with Crippen LogP contribution in [0.1, 0.15) is 54.4 Å². The molecule has 0 aromatic heterocycles. The molecule has 202 valence electrons. The molecule has 3 N–H and O–H groups in total. The van der Waals surface area contributed by atoms with Gasteiger partial charge in [0.15, 0.2) is 0 Å². The highest BCUT2D eigenvalue weighted by Gasteiger charge is 2.29. The fourth-order valence-electron chi connectivity index (χ4n) is 5.41. The second kappa shape index (κ2) is 11.8. The minimum absolute atomic E-state index is 0.0934. The van der Waals surface area contributed by atoms with Gasteiger partial charge in [-0.1, -0.05) is 49.6 Å². The van der Waals surface area contributed by atoms with E-state index in [0.717, 1.165) is 49.0 Å². The lowest BCUT2D eigenvalue weighted by atomic mass is 9.88. The first-order chi connectivity index (χ1) is 18.9. The van der Waals surface area contributed by atoms with E-state index in [1.54, 1.807) is 6.07 Å². The molecule has 0 bridgehead atoms. The van der Waals surface area contributed by atoms with Crippen molar-refractivity contribution in [2.75, 3.05) is 24.7 Å². The molecule has 1 fully saturated rings. The van der Waals surface area contributed by atoms with Gasteiger partial charge in [0.1, 0.15) is 5.82 Å². The largest absolute Gasteiger partial charge is 0.354 e. The van der Waals surface area contributed by atoms with E-state index in [1.807, 2.05) is 50.5 Å². The average Bonchev–Trinajstić information content (AvgIpc) is 3.26. The Kier molecular flexibility index (Phi) is 8.07. The summed E-state index contributed by atoms with van der Waals surface area (Å²) in [7, 11) is 4.05. The van der Waals surface area contributed by atoms with Gasteiger partial charge in [-0.15, -0.1) is 0 Å². The standard InChI is InChI=1S/C32H35FN4O2/c1-37(2)20-21-11-14-26(15-12-21)35-30(29-27-16-13-25(33)18-28(27)36-32(29)39)24-10-6-7-22(17-24)19-34-31(38)23-8-4-3-5-9-23/h6-7,10-18,23,35H,3-5,8-9,19-20H2,1-2H3,(H,34,38)(H,36,39)/b30-29-. The summed E-state index contributed by atoms with van der Waals surface area (Å²) in [6.07, 6.45) is 5.33. The van der Waals surface area contributed by atoms with E-state index in [-0.39, 0.29) is 17.7 Å². The number of hydrogen-bond donors (Lipinski definition) is 3. The van der Waals surface area contributed by atoms with Crippen LogP contribution >= 0.6 is 0 Å². The molecule has 1 heterocycles. The summed E-state index contributed by atoms with van der Waals surface area (Å²) < 4.78 is 13.9. The topological polar surface area (TPSA) is 73.5 Å². The Morgan fingerprint density at radius 2 is 1.74 bits per heavy atom. The molecule has 39 heavy (non-hydrogen) atoms. The fraction of sp³-hybridized carbons (Fsp3) is 0.312. The smallest absolute Gasteiger partial charge is 0.258 e. The van der Waals surface area contributed by atoms with E-state index >= 15 is 0 Å². The van der Waals surface area contributed by atoms with Crippen molar-refractivity contribution in [3.63, 3.8) is 0 Å². The highest BCUT2D eigenvalue weighted by atomic mass is 19.1. The van der Waals surface area contributed by atoms with Crippen LogP contribution in [-0.2, 0) is 22.7 Å². The van der Waals surface area contributed by atoms with Crippen molar-refractivity contribution in [3.05, 3.63) is 94.8 Å². The number of nitrogens with one attached hydrogen (secondary N) is 3. The molecule has 0 saturated heterocycles. The molecule has 6 nitrogen and oxygen atoms in total. The van der Waals surface area contributed by atoms with Crippen LogP contribution in [0.15, 0.2) is 66.7 Å². The molecule has 1 aliphatic carbocycles. The van der Waals surface area contributed by atoms with Crippen molar-refractivity contribution in [2.45, 2.75) is 45.2 Å². The maximum Gasteiger partial charge on any atom is 0.258 e. The number of anilines is 2. The molecule has 1 aliphatic heterocycles. The highest BCUT2D eigenvalue weighted by Crippen LogP contribution is 2.38. The van der Waals surface area contributed by atoms with Crippen molar-refractivity contribution in [1.82, 2.24) is 10.2 Å². The number of amides is 2. The number of carbonyl (C=O) groups is 2. The molecule has 2 aliphatic rings. The lowest BCUT2D eigenvalue weighted by Gasteiger charge is -2.21. The molecule has 0 spiro atoms. The van der Waals surface area contributed by atoms with Gasteiger partial charge in [-0.05, 0) is 80.0 Å². The van der Waals surface area contributed by atoms with Crippen molar-refractivity contribution in [3.8, 4) is 0 Å². The van der Waals surface area contributed by atoms with E-state index in [4.69, 9.17) is 0 Å². The first-order valence-corrected chi connectivity index (χ1v) is 13.6. The monoisotopic (exact) mass is 526 g/mol. The third kappa shape index (κ3) is 6.37. The summed E-state index contributed by atoms with van der Waals surface area (Å²) in [6, 6.07) is 20.3. The van der Waals surface area contributed by atoms with Crippen molar-refractivity contribution >= 4 is 34.5 Å². The molecule has 3 aromatic carbocycles. The number of rotatable bonds is 8. The van der Waals surface area contributed by atoms with Gasteiger partial charge in [-0.3, -0.25) is 9.59 Å². The van der Waals surface area contributed by atoms with Gasteiger partial charge in [0.05, 0.1) is 17.0 Å². The molecular formula is C32H35FN4O2. The zero-order chi connectivity index (χ0) is 27.4. The Labute approximate surface area is 229 Å². The molecule has 7 heteroatoms.